The van der Waals surface area contributed by atoms with Gasteiger partial charge in [0.15, 0.2) is 0 Å². The second-order valence-electron chi connectivity index (χ2n) is 7.93. The van der Waals surface area contributed by atoms with Crippen LogP contribution in [-0.4, -0.2) is 61.9 Å². The summed E-state index contributed by atoms with van der Waals surface area (Å²) < 4.78 is 46.5. The molecule has 1 aliphatic carbocycles. The summed E-state index contributed by atoms with van der Waals surface area (Å²) in [6, 6.07) is 5.72. The van der Waals surface area contributed by atoms with Crippen molar-refractivity contribution in [2.75, 3.05) is 26.3 Å². The van der Waals surface area contributed by atoms with Crippen molar-refractivity contribution in [1.29, 1.82) is 0 Å². The van der Waals surface area contributed by atoms with Crippen LogP contribution in [-0.2, 0) is 19.6 Å². The molecule has 154 valence electrons. The van der Waals surface area contributed by atoms with Gasteiger partial charge in [-0.3, -0.25) is 4.79 Å². The molecule has 2 aliphatic heterocycles. The Hall–Kier alpha value is -1.51. The molecule has 0 atom stereocenters. The Bertz CT molecular complexity index is 813. The highest BCUT2D eigenvalue weighted by atomic mass is 32.2. The average molecular weight is 411 g/mol. The maximum Gasteiger partial charge on any atom is 0.245 e. The molecular formula is C20H27FN2O4S. The van der Waals surface area contributed by atoms with E-state index in [4.69, 9.17) is 4.74 Å². The van der Waals surface area contributed by atoms with Crippen molar-refractivity contribution >= 4 is 15.9 Å². The Morgan fingerprint density at radius 2 is 1.61 bits per heavy atom. The molecule has 1 saturated carbocycles. The molecule has 0 radical (unpaired) electrons. The SMILES string of the molecule is O=C(C1CC1)N(C1CCOCC1)C1CCN(S(=O)(=O)c2ccccc2F)CC1. The maximum atomic E-state index is 14.0. The van der Waals surface area contributed by atoms with Gasteiger partial charge in [-0.15, -0.1) is 0 Å². The number of halogens is 1. The van der Waals surface area contributed by atoms with Crippen LogP contribution < -0.4 is 0 Å². The lowest BCUT2D eigenvalue weighted by atomic mass is 9.98. The fourth-order valence-electron chi connectivity index (χ4n) is 4.32. The topological polar surface area (TPSA) is 66.9 Å². The summed E-state index contributed by atoms with van der Waals surface area (Å²) in [7, 11) is -3.86. The van der Waals surface area contributed by atoms with Gasteiger partial charge in [0.1, 0.15) is 10.7 Å². The van der Waals surface area contributed by atoms with Crippen molar-refractivity contribution < 1.29 is 22.3 Å². The van der Waals surface area contributed by atoms with Gasteiger partial charge in [0, 0.05) is 44.3 Å². The Labute approximate surface area is 165 Å². The number of hydrogen-bond acceptors (Lipinski definition) is 4. The van der Waals surface area contributed by atoms with E-state index in [1.165, 1.54) is 28.6 Å². The average Bonchev–Trinajstić information content (AvgIpc) is 3.55. The van der Waals surface area contributed by atoms with E-state index in [0.717, 1.165) is 25.7 Å². The van der Waals surface area contributed by atoms with Crippen LogP contribution in [0.3, 0.4) is 0 Å². The van der Waals surface area contributed by atoms with Gasteiger partial charge >= 0.3 is 0 Å². The van der Waals surface area contributed by atoms with Crippen LogP contribution in [0, 0.1) is 11.7 Å². The van der Waals surface area contributed by atoms with E-state index in [9.17, 15) is 17.6 Å². The number of carbonyl (C=O) groups is 1. The van der Waals surface area contributed by atoms with Crippen molar-refractivity contribution in [3.63, 3.8) is 0 Å². The first-order chi connectivity index (χ1) is 13.5. The molecule has 0 aromatic heterocycles. The van der Waals surface area contributed by atoms with Crippen LogP contribution in [0.15, 0.2) is 29.2 Å². The molecule has 3 fully saturated rings. The quantitative estimate of drug-likeness (QED) is 0.748. The van der Waals surface area contributed by atoms with Crippen molar-refractivity contribution in [3.05, 3.63) is 30.1 Å². The molecule has 2 heterocycles. The van der Waals surface area contributed by atoms with E-state index in [0.29, 0.717) is 39.1 Å². The highest BCUT2D eigenvalue weighted by Crippen LogP contribution is 2.35. The number of ether oxygens (including phenoxy) is 1. The minimum absolute atomic E-state index is 0.0447. The van der Waals surface area contributed by atoms with Crippen molar-refractivity contribution in [1.82, 2.24) is 9.21 Å². The van der Waals surface area contributed by atoms with Gasteiger partial charge < -0.3 is 9.64 Å². The monoisotopic (exact) mass is 410 g/mol. The molecule has 6 nitrogen and oxygen atoms in total. The zero-order valence-corrected chi connectivity index (χ0v) is 16.7. The number of benzene rings is 1. The van der Waals surface area contributed by atoms with Gasteiger partial charge in [-0.25, -0.2) is 12.8 Å². The van der Waals surface area contributed by atoms with E-state index in [1.54, 1.807) is 0 Å². The molecule has 0 unspecified atom stereocenters. The summed E-state index contributed by atoms with van der Waals surface area (Å²) >= 11 is 0. The standard InChI is InChI=1S/C20H27FN2O4S/c21-18-3-1-2-4-19(18)28(25,26)22-11-7-16(8-12-22)23(20(24)15-5-6-15)17-9-13-27-14-10-17/h1-4,15-17H,5-14H2. The van der Waals surface area contributed by atoms with E-state index in [1.807, 2.05) is 4.90 Å². The molecule has 0 spiro atoms. The van der Waals surface area contributed by atoms with E-state index in [2.05, 4.69) is 0 Å². The zero-order valence-electron chi connectivity index (χ0n) is 15.9. The largest absolute Gasteiger partial charge is 0.381 e. The second kappa shape index (κ2) is 8.08. The summed E-state index contributed by atoms with van der Waals surface area (Å²) in [5.74, 6) is -0.359. The number of sulfonamides is 1. The predicted molar refractivity (Wildman–Crippen MR) is 102 cm³/mol. The van der Waals surface area contributed by atoms with Gasteiger partial charge in [0.25, 0.3) is 0 Å². The fraction of sp³-hybridized carbons (Fsp3) is 0.650. The number of carbonyl (C=O) groups excluding carboxylic acids is 1. The predicted octanol–water partition coefficient (Wildman–Crippen LogP) is 2.40. The van der Waals surface area contributed by atoms with Gasteiger partial charge in [0.05, 0.1) is 0 Å². The number of nitrogens with zero attached hydrogens (tertiary/aromatic N) is 2. The van der Waals surface area contributed by atoms with Crippen LogP contribution in [0.2, 0.25) is 0 Å². The third kappa shape index (κ3) is 3.95. The third-order valence-corrected chi connectivity index (χ3v) is 7.97. The molecule has 4 rings (SSSR count). The summed E-state index contributed by atoms with van der Waals surface area (Å²) in [6.45, 7) is 1.94. The Kier molecular flexibility index (Phi) is 5.71. The minimum Gasteiger partial charge on any atom is -0.381 e. The van der Waals surface area contributed by atoms with E-state index < -0.39 is 15.8 Å². The number of amides is 1. The van der Waals surface area contributed by atoms with Crippen LogP contribution >= 0.6 is 0 Å². The van der Waals surface area contributed by atoms with Crippen LogP contribution in [0.1, 0.15) is 38.5 Å². The highest BCUT2D eigenvalue weighted by Gasteiger charge is 2.42. The van der Waals surface area contributed by atoms with Gasteiger partial charge in [-0.1, -0.05) is 12.1 Å². The van der Waals surface area contributed by atoms with E-state index in [-0.39, 0.29) is 28.8 Å². The number of piperidine rings is 1. The fourth-order valence-corrected chi connectivity index (χ4v) is 5.85. The molecule has 2 saturated heterocycles. The lowest BCUT2D eigenvalue weighted by Gasteiger charge is -2.43. The maximum absolute atomic E-state index is 14.0. The molecule has 0 N–H and O–H groups in total. The second-order valence-corrected chi connectivity index (χ2v) is 9.84. The zero-order chi connectivity index (χ0) is 19.7. The molecule has 8 heteroatoms. The molecular weight excluding hydrogens is 383 g/mol. The Morgan fingerprint density at radius 3 is 2.21 bits per heavy atom. The summed E-state index contributed by atoms with van der Waals surface area (Å²) in [5.41, 5.74) is 0. The molecule has 1 amide bonds. The van der Waals surface area contributed by atoms with Crippen LogP contribution in [0.5, 0.6) is 0 Å². The lowest BCUT2D eigenvalue weighted by Crippen LogP contribution is -2.54. The molecule has 1 aromatic carbocycles. The first-order valence-corrected chi connectivity index (χ1v) is 11.6. The van der Waals surface area contributed by atoms with Crippen LogP contribution in [0.4, 0.5) is 4.39 Å². The Balaban J connectivity index is 1.47. The first-order valence-electron chi connectivity index (χ1n) is 10.1. The highest BCUT2D eigenvalue weighted by molar-refractivity contribution is 7.89. The van der Waals surface area contributed by atoms with Crippen molar-refractivity contribution in [2.24, 2.45) is 5.92 Å². The van der Waals surface area contributed by atoms with Gasteiger partial charge in [-0.05, 0) is 50.7 Å². The lowest BCUT2D eigenvalue weighted by molar-refractivity contribution is -0.141. The molecule has 1 aromatic rings. The summed E-state index contributed by atoms with van der Waals surface area (Å²) in [6.07, 6.45) is 4.77. The Morgan fingerprint density at radius 1 is 1.00 bits per heavy atom. The third-order valence-electron chi connectivity index (χ3n) is 6.04. The van der Waals surface area contributed by atoms with E-state index >= 15 is 0 Å². The summed E-state index contributed by atoms with van der Waals surface area (Å²) in [5, 5.41) is 0. The normalized spacial score (nSPS) is 22.9. The molecule has 3 aliphatic rings. The van der Waals surface area contributed by atoms with Crippen LogP contribution in [0.25, 0.3) is 0 Å². The molecule has 28 heavy (non-hydrogen) atoms. The van der Waals surface area contributed by atoms with Crippen molar-refractivity contribution in [3.8, 4) is 0 Å². The minimum atomic E-state index is -3.86. The number of hydrogen-bond donors (Lipinski definition) is 0. The smallest absolute Gasteiger partial charge is 0.245 e. The number of rotatable bonds is 5. The van der Waals surface area contributed by atoms with Gasteiger partial charge in [-0.2, -0.15) is 4.31 Å². The van der Waals surface area contributed by atoms with Crippen molar-refractivity contribution in [2.45, 2.75) is 55.5 Å². The molecule has 0 bridgehead atoms. The summed E-state index contributed by atoms with van der Waals surface area (Å²) in [4.78, 5) is 14.7. The van der Waals surface area contributed by atoms with Gasteiger partial charge in [0.2, 0.25) is 15.9 Å². The first kappa shape index (κ1) is 19.8.